The molecule has 0 amide bonds. The van der Waals surface area contributed by atoms with Gasteiger partial charge in [0.2, 0.25) is 0 Å². The van der Waals surface area contributed by atoms with Gasteiger partial charge in [-0.1, -0.05) is 28.7 Å². The third-order valence-electron chi connectivity index (χ3n) is 3.54. The number of aliphatic carboxylic acids is 1. The Hall–Kier alpha value is -2.41. The molecule has 0 atom stereocenters. The quantitative estimate of drug-likeness (QED) is 0.507. The normalized spacial score (nSPS) is 7.32. The van der Waals surface area contributed by atoms with Gasteiger partial charge in [-0.25, -0.2) is 0 Å². The van der Waals surface area contributed by atoms with E-state index in [2.05, 4.69) is 39.6 Å². The van der Waals surface area contributed by atoms with Crippen molar-refractivity contribution in [1.82, 2.24) is 11.1 Å². The second-order valence-electron chi connectivity index (χ2n) is 6.02. The first-order valence-corrected chi connectivity index (χ1v) is 9.22. The molecule has 186 valence electrons. The fourth-order valence-corrected chi connectivity index (χ4v) is 1.24. The predicted octanol–water partition coefficient (Wildman–Crippen LogP) is 6.32. The highest BCUT2D eigenvalue weighted by Gasteiger charge is 2.03. The molecule has 7 nitrogen and oxygen atoms in total. The average molecular weight is 447 g/mol. The highest BCUT2D eigenvalue weighted by molar-refractivity contribution is 5.75. The van der Waals surface area contributed by atoms with Crippen LogP contribution in [0.4, 0.5) is 0 Å². The van der Waals surface area contributed by atoms with Crippen molar-refractivity contribution in [2.24, 2.45) is 0 Å². The summed E-state index contributed by atoms with van der Waals surface area (Å²) >= 11 is 0. The lowest BCUT2D eigenvalue weighted by Crippen LogP contribution is -1.98. The molecular formula is C24H50N2O5. The van der Waals surface area contributed by atoms with Gasteiger partial charge in [-0.3, -0.25) is 9.78 Å². The number of aromatic nitrogens is 1. The highest BCUT2D eigenvalue weighted by atomic mass is 16.4. The van der Waals surface area contributed by atoms with E-state index < -0.39 is 5.97 Å². The first-order valence-electron chi connectivity index (χ1n) is 9.22. The number of aryl methyl sites for hydroxylation is 2. The molecule has 1 rings (SSSR count). The molecule has 31 heavy (non-hydrogen) atoms. The van der Waals surface area contributed by atoms with Crippen molar-refractivity contribution in [3.8, 4) is 0 Å². The number of rotatable bonds is 2. The van der Waals surface area contributed by atoms with E-state index in [1.165, 1.54) is 23.6 Å². The van der Waals surface area contributed by atoms with Crippen LogP contribution in [0.15, 0.2) is 0 Å². The number of nitrogens with zero attached hydrogens (tertiary/aromatic N) is 1. The topological polar surface area (TPSA) is 136 Å². The van der Waals surface area contributed by atoms with E-state index in [0.717, 1.165) is 24.6 Å². The molecule has 0 saturated carbocycles. The molecule has 0 aromatic carbocycles. The summed E-state index contributed by atoms with van der Waals surface area (Å²) in [6, 6.07) is 0. The maximum atomic E-state index is 9.81. The minimum Gasteiger partial charge on any atom is -0.481 e. The number of aldehydes is 1. The monoisotopic (exact) mass is 446 g/mol. The largest absolute Gasteiger partial charge is 0.481 e. The Morgan fingerprint density at radius 3 is 1.06 bits per heavy atom. The van der Waals surface area contributed by atoms with E-state index in [4.69, 9.17) is 14.7 Å². The van der Waals surface area contributed by atoms with Crippen LogP contribution in [0.25, 0.3) is 0 Å². The maximum Gasteiger partial charge on any atom is 0.300 e. The molecule has 1 aromatic heterocycles. The molecule has 1 aromatic rings. The van der Waals surface area contributed by atoms with Crippen molar-refractivity contribution in [2.75, 3.05) is 0 Å². The van der Waals surface area contributed by atoms with Crippen molar-refractivity contribution in [3.63, 3.8) is 0 Å². The first kappa shape index (κ1) is 46.7. The number of hydrogen-bond acceptors (Lipinski definition) is 6. The maximum absolute atomic E-state index is 9.81. The minimum absolute atomic E-state index is 0. The van der Waals surface area contributed by atoms with Gasteiger partial charge in [-0.05, 0) is 72.1 Å². The molecule has 1 heterocycles. The highest BCUT2D eigenvalue weighted by Crippen LogP contribution is 2.16. The van der Waals surface area contributed by atoms with Gasteiger partial charge in [-0.2, -0.15) is 0 Å². The average Bonchev–Trinajstić information content (AvgIpc) is 2.59. The van der Waals surface area contributed by atoms with Crippen LogP contribution in [-0.4, -0.2) is 33.9 Å². The summed E-state index contributed by atoms with van der Waals surface area (Å²) in [7, 11) is 0. The third-order valence-corrected chi connectivity index (χ3v) is 3.54. The Bertz CT molecular complexity index is 568. The van der Waals surface area contributed by atoms with E-state index in [1.807, 2.05) is 13.8 Å². The molecule has 0 radical (unpaired) electrons. The Morgan fingerprint density at radius 1 is 0.774 bits per heavy atom. The van der Waals surface area contributed by atoms with Crippen LogP contribution < -0.4 is 6.15 Å². The summed E-state index contributed by atoms with van der Waals surface area (Å²) in [6.07, 6.45) is 2.08. The predicted molar refractivity (Wildman–Crippen MR) is 133 cm³/mol. The molecule has 0 aliphatic carbocycles. The molecule has 0 bridgehead atoms. The van der Waals surface area contributed by atoms with Crippen LogP contribution in [0.1, 0.15) is 97.3 Å². The Labute approximate surface area is 191 Å². The Kier molecular flexibility index (Phi) is 44.9. The molecule has 0 spiro atoms. The van der Waals surface area contributed by atoms with E-state index in [1.54, 1.807) is 13.8 Å². The summed E-state index contributed by atoms with van der Waals surface area (Å²) in [5.74, 6) is -0.324. The van der Waals surface area contributed by atoms with E-state index in [9.17, 15) is 9.59 Å². The molecule has 0 unspecified atom stereocenters. The van der Waals surface area contributed by atoms with Crippen LogP contribution in [0, 0.1) is 34.6 Å². The lowest BCUT2D eigenvalue weighted by molar-refractivity contribution is -0.134. The van der Waals surface area contributed by atoms with Crippen molar-refractivity contribution in [2.45, 2.75) is 104 Å². The van der Waals surface area contributed by atoms with Gasteiger partial charge < -0.3 is 25.6 Å². The van der Waals surface area contributed by atoms with Gasteiger partial charge in [0, 0.05) is 31.2 Å². The zero-order chi connectivity index (χ0) is 23.4. The van der Waals surface area contributed by atoms with Crippen molar-refractivity contribution < 1.29 is 24.3 Å². The molecule has 0 saturated heterocycles. The summed E-state index contributed by atoms with van der Waals surface area (Å²) in [4.78, 5) is 41.9. The Balaban J connectivity index is -0.0000000499. The summed E-state index contributed by atoms with van der Waals surface area (Å²) in [5, 5.41) is 7.42. The van der Waals surface area contributed by atoms with Crippen molar-refractivity contribution in [3.05, 3.63) is 28.1 Å². The van der Waals surface area contributed by atoms with E-state index >= 15 is 0 Å². The first-order chi connectivity index (χ1) is 12.7. The second-order valence-corrected chi connectivity index (χ2v) is 6.02. The zero-order valence-electron chi connectivity index (χ0n) is 20.2. The summed E-state index contributed by atoms with van der Waals surface area (Å²) in [5.41, 5.74) is 6.35. The number of carboxylic acids is 1. The number of Topliss-reactive ketones (excluding diaryl/α,β-unsaturated/α-hetero) is 2. The van der Waals surface area contributed by atoms with E-state index in [-0.39, 0.29) is 32.6 Å². The van der Waals surface area contributed by atoms with Crippen LogP contribution in [0.2, 0.25) is 0 Å². The number of pyridine rings is 1. The van der Waals surface area contributed by atoms with Crippen molar-refractivity contribution >= 4 is 23.8 Å². The lowest BCUT2D eigenvalue weighted by atomic mass is 10.0. The van der Waals surface area contributed by atoms with Crippen LogP contribution in [0.3, 0.4) is 0 Å². The van der Waals surface area contributed by atoms with Gasteiger partial charge >= 0.3 is 0 Å². The second kappa shape index (κ2) is 29.8. The molecule has 4 N–H and O–H groups in total. The van der Waals surface area contributed by atoms with Gasteiger partial charge in [0.1, 0.15) is 17.9 Å². The standard InChI is InChI=1S/C10H15N.2C4H8O.C2H4O2.C2H4O.2CH4.H3N/c1-6-7(2)9(4)11-10(5)8(6)3;2*1-3-4(2)5;1-2(3)4;1-2-3;;;/h1-5H3;2*3H2,1-2H3;1H3,(H,3,4);2H,1H3;2*1H4;1H3. The molecule has 0 aliphatic heterocycles. The number of carbonyl (C=O) groups excluding carboxylic acids is 3. The smallest absolute Gasteiger partial charge is 0.300 e. The Morgan fingerprint density at radius 2 is 0.935 bits per heavy atom. The molecule has 7 heteroatoms. The fourth-order valence-electron chi connectivity index (χ4n) is 1.24. The SMILES string of the molecule is C.C.CC(=O)O.CC=O.CCC(C)=O.CCC(C)=O.Cc1nc(C)c(C)c(C)c1C.N. The fraction of sp³-hybridized carbons (Fsp3) is 0.625. The van der Waals surface area contributed by atoms with E-state index in [0.29, 0.717) is 12.8 Å². The van der Waals surface area contributed by atoms with Gasteiger partial charge in [0.25, 0.3) is 5.97 Å². The number of hydrogen-bond donors (Lipinski definition) is 2. The summed E-state index contributed by atoms with van der Waals surface area (Å²) < 4.78 is 0. The van der Waals surface area contributed by atoms with Crippen LogP contribution >= 0.6 is 0 Å². The molecule has 0 fully saturated rings. The zero-order valence-corrected chi connectivity index (χ0v) is 20.2. The third kappa shape index (κ3) is 38.8. The summed E-state index contributed by atoms with van der Waals surface area (Å²) in [6.45, 7) is 19.9. The minimum atomic E-state index is -0.833. The molecule has 0 aliphatic rings. The van der Waals surface area contributed by atoms with Gasteiger partial charge in [0.15, 0.2) is 0 Å². The van der Waals surface area contributed by atoms with Gasteiger partial charge in [0.05, 0.1) is 0 Å². The van der Waals surface area contributed by atoms with Crippen molar-refractivity contribution in [1.29, 1.82) is 0 Å². The number of carboxylic acid groups (broad SMARTS) is 1. The lowest BCUT2D eigenvalue weighted by Gasteiger charge is -2.09. The van der Waals surface area contributed by atoms with Crippen LogP contribution in [0.5, 0.6) is 0 Å². The van der Waals surface area contributed by atoms with Crippen LogP contribution in [-0.2, 0) is 19.2 Å². The molecular weight excluding hydrogens is 396 g/mol. The number of ketones is 2. The van der Waals surface area contributed by atoms with Gasteiger partial charge in [-0.15, -0.1) is 0 Å². The number of carbonyl (C=O) groups is 4.